The summed E-state index contributed by atoms with van der Waals surface area (Å²) >= 11 is 0. The van der Waals surface area contributed by atoms with Gasteiger partial charge in [-0.25, -0.2) is 4.99 Å². The molecule has 4 rings (SSSR count). The van der Waals surface area contributed by atoms with Gasteiger partial charge in [-0.15, -0.1) is 0 Å². The summed E-state index contributed by atoms with van der Waals surface area (Å²) in [6.07, 6.45) is 4.60. The van der Waals surface area contributed by atoms with Crippen molar-refractivity contribution < 1.29 is 14.3 Å². The number of benzene rings is 2. The zero-order chi connectivity index (χ0) is 22.5. The molecule has 0 saturated heterocycles. The second kappa shape index (κ2) is 9.34. The Morgan fingerprint density at radius 1 is 1.09 bits per heavy atom. The summed E-state index contributed by atoms with van der Waals surface area (Å²) in [4.78, 5) is 19.8. The lowest BCUT2D eigenvalue weighted by Crippen LogP contribution is -2.27. The minimum atomic E-state index is -0.379. The molecule has 3 aromatic rings. The average Bonchev–Trinajstić information content (AvgIpc) is 3.44. The van der Waals surface area contributed by atoms with Crippen LogP contribution in [0.15, 0.2) is 87.1 Å². The van der Waals surface area contributed by atoms with Crippen LogP contribution in [0.1, 0.15) is 30.7 Å². The van der Waals surface area contributed by atoms with Crippen LogP contribution in [0.2, 0.25) is 0 Å². The van der Waals surface area contributed by atoms with E-state index in [2.05, 4.69) is 28.8 Å². The lowest BCUT2D eigenvalue weighted by Gasteiger charge is -2.21. The van der Waals surface area contributed by atoms with Crippen LogP contribution in [0.4, 0.5) is 5.69 Å². The predicted molar refractivity (Wildman–Crippen MR) is 126 cm³/mol. The molecule has 2 aromatic carbocycles. The molecule has 0 aliphatic carbocycles. The van der Waals surface area contributed by atoms with Crippen LogP contribution in [0.25, 0.3) is 6.08 Å². The monoisotopic (exact) mass is 428 g/mol. The van der Waals surface area contributed by atoms with Gasteiger partial charge in [0.25, 0.3) is 5.91 Å². The Bertz CT molecular complexity index is 1180. The smallest absolute Gasteiger partial charge is 0.298 e. The van der Waals surface area contributed by atoms with E-state index in [9.17, 15) is 9.90 Å². The third-order valence-corrected chi connectivity index (χ3v) is 5.14. The van der Waals surface area contributed by atoms with Gasteiger partial charge in [0, 0.05) is 36.0 Å². The molecule has 2 heterocycles. The standard InChI is InChI=1S/C25H24N4O3/c1-3-28(4-2)20-12-13-23(30)19(15-20)17-26-29-24(18-9-6-5-7-10-18)27-22(25(29)31)16-21-11-8-14-32-21/h5-17,30H,3-4H2,1-2H3/b22-16-,26-17+. The maximum atomic E-state index is 13.1. The molecule has 0 fully saturated rings. The highest BCUT2D eigenvalue weighted by molar-refractivity contribution is 6.19. The fourth-order valence-corrected chi connectivity index (χ4v) is 3.45. The molecule has 1 aliphatic heterocycles. The quantitative estimate of drug-likeness (QED) is 0.444. The van der Waals surface area contributed by atoms with E-state index < -0.39 is 0 Å². The van der Waals surface area contributed by atoms with Gasteiger partial charge in [0.15, 0.2) is 5.84 Å². The first-order chi connectivity index (χ1) is 15.6. The van der Waals surface area contributed by atoms with Crippen LogP contribution in [-0.2, 0) is 4.79 Å². The molecule has 162 valence electrons. The number of aliphatic imine (C=N–C) groups is 1. The number of hydrogen-bond acceptors (Lipinski definition) is 6. The van der Waals surface area contributed by atoms with Crippen LogP contribution in [0.3, 0.4) is 0 Å². The summed E-state index contributed by atoms with van der Waals surface area (Å²) < 4.78 is 5.33. The third-order valence-electron chi connectivity index (χ3n) is 5.14. The number of phenolic OH excluding ortho intramolecular Hbond substituents is 1. The number of furan rings is 1. The molecule has 0 unspecified atom stereocenters. The zero-order valence-corrected chi connectivity index (χ0v) is 18.0. The molecule has 7 nitrogen and oxygen atoms in total. The molecule has 1 aliphatic rings. The van der Waals surface area contributed by atoms with Crippen LogP contribution in [0.5, 0.6) is 5.75 Å². The van der Waals surface area contributed by atoms with Gasteiger partial charge in [0.2, 0.25) is 0 Å². The minimum Gasteiger partial charge on any atom is -0.507 e. The second-order valence-electron chi connectivity index (χ2n) is 7.12. The number of carbonyl (C=O) groups excluding carboxylic acids is 1. The molecule has 0 atom stereocenters. The summed E-state index contributed by atoms with van der Waals surface area (Å²) in [5.74, 6) is 0.640. The van der Waals surface area contributed by atoms with Crippen molar-refractivity contribution in [3.8, 4) is 5.75 Å². The number of hydrazone groups is 1. The summed E-state index contributed by atoms with van der Waals surface area (Å²) in [6, 6.07) is 18.2. The van der Waals surface area contributed by atoms with Crippen molar-refractivity contribution in [3.05, 3.63) is 89.5 Å². The lowest BCUT2D eigenvalue weighted by molar-refractivity contribution is -0.122. The Morgan fingerprint density at radius 3 is 2.56 bits per heavy atom. The average molecular weight is 428 g/mol. The Morgan fingerprint density at radius 2 is 1.88 bits per heavy atom. The van der Waals surface area contributed by atoms with Gasteiger partial charge in [0.05, 0.1) is 12.5 Å². The molecule has 1 aromatic heterocycles. The van der Waals surface area contributed by atoms with E-state index in [1.807, 2.05) is 42.5 Å². The molecular weight excluding hydrogens is 404 g/mol. The van der Waals surface area contributed by atoms with Gasteiger partial charge in [-0.1, -0.05) is 30.3 Å². The molecular formula is C25H24N4O3. The highest BCUT2D eigenvalue weighted by Gasteiger charge is 2.31. The van der Waals surface area contributed by atoms with Gasteiger partial charge in [-0.2, -0.15) is 10.1 Å². The SMILES string of the molecule is CCN(CC)c1ccc(O)c(/C=N/N2C(=O)/C(=C/c3ccco3)N=C2c2ccccc2)c1. The van der Waals surface area contributed by atoms with E-state index in [1.165, 1.54) is 17.5 Å². The molecule has 1 amide bonds. The molecule has 32 heavy (non-hydrogen) atoms. The number of amidine groups is 1. The Labute approximate surface area is 186 Å². The number of carbonyl (C=O) groups is 1. The first-order valence-electron chi connectivity index (χ1n) is 10.5. The number of phenols is 1. The Kier molecular flexibility index (Phi) is 6.17. The minimum absolute atomic E-state index is 0.0841. The maximum absolute atomic E-state index is 13.1. The molecule has 0 bridgehead atoms. The van der Waals surface area contributed by atoms with Crippen molar-refractivity contribution in [1.82, 2.24) is 5.01 Å². The molecule has 1 N–H and O–H groups in total. The summed E-state index contributed by atoms with van der Waals surface area (Å²) in [6.45, 7) is 5.83. The number of nitrogens with zero attached hydrogens (tertiary/aromatic N) is 4. The zero-order valence-electron chi connectivity index (χ0n) is 18.0. The lowest BCUT2D eigenvalue weighted by atomic mass is 10.1. The molecule has 0 radical (unpaired) electrons. The number of anilines is 1. The number of amides is 1. The van der Waals surface area contributed by atoms with Gasteiger partial charge in [-0.05, 0) is 44.2 Å². The van der Waals surface area contributed by atoms with Crippen LogP contribution in [0, 0.1) is 0 Å². The molecule has 0 saturated carbocycles. The fraction of sp³-hybridized carbons (Fsp3) is 0.160. The molecule has 0 spiro atoms. The first-order valence-corrected chi connectivity index (χ1v) is 10.5. The largest absolute Gasteiger partial charge is 0.507 e. The van der Waals surface area contributed by atoms with E-state index >= 15 is 0 Å². The summed E-state index contributed by atoms with van der Waals surface area (Å²) in [5, 5.41) is 16.0. The third kappa shape index (κ3) is 4.32. The van der Waals surface area contributed by atoms with E-state index in [0.29, 0.717) is 17.2 Å². The van der Waals surface area contributed by atoms with Gasteiger partial charge in [0.1, 0.15) is 17.2 Å². The van der Waals surface area contributed by atoms with Gasteiger partial charge >= 0.3 is 0 Å². The van der Waals surface area contributed by atoms with Gasteiger partial charge in [-0.3, -0.25) is 4.79 Å². The predicted octanol–water partition coefficient (Wildman–Crippen LogP) is 4.50. The number of rotatable bonds is 7. The van der Waals surface area contributed by atoms with E-state index in [-0.39, 0.29) is 17.4 Å². The highest BCUT2D eigenvalue weighted by Crippen LogP contribution is 2.25. The van der Waals surface area contributed by atoms with E-state index in [1.54, 1.807) is 24.3 Å². The van der Waals surface area contributed by atoms with Crippen LogP contribution < -0.4 is 4.90 Å². The van der Waals surface area contributed by atoms with Crippen molar-refractivity contribution >= 4 is 29.7 Å². The van der Waals surface area contributed by atoms with Crippen molar-refractivity contribution in [2.75, 3.05) is 18.0 Å². The van der Waals surface area contributed by atoms with Crippen LogP contribution >= 0.6 is 0 Å². The van der Waals surface area contributed by atoms with Crippen molar-refractivity contribution in [1.29, 1.82) is 0 Å². The fourth-order valence-electron chi connectivity index (χ4n) is 3.45. The van der Waals surface area contributed by atoms with Crippen molar-refractivity contribution in [2.45, 2.75) is 13.8 Å². The summed E-state index contributed by atoms with van der Waals surface area (Å²) in [5.41, 5.74) is 2.45. The maximum Gasteiger partial charge on any atom is 0.298 e. The van der Waals surface area contributed by atoms with Crippen molar-refractivity contribution in [3.63, 3.8) is 0 Å². The Hall–Kier alpha value is -4.13. The first kappa shape index (κ1) is 21.1. The van der Waals surface area contributed by atoms with Gasteiger partial charge < -0.3 is 14.4 Å². The van der Waals surface area contributed by atoms with Crippen molar-refractivity contribution in [2.24, 2.45) is 10.1 Å². The number of hydrogen-bond donors (Lipinski definition) is 1. The Balaban J connectivity index is 1.70. The number of aromatic hydroxyl groups is 1. The molecule has 7 heteroatoms. The van der Waals surface area contributed by atoms with E-state index in [4.69, 9.17) is 4.42 Å². The van der Waals surface area contributed by atoms with E-state index in [0.717, 1.165) is 24.3 Å². The van der Waals surface area contributed by atoms with Crippen LogP contribution in [-0.4, -0.2) is 41.2 Å². The topological polar surface area (TPSA) is 81.6 Å². The summed E-state index contributed by atoms with van der Waals surface area (Å²) in [7, 11) is 0. The second-order valence-corrected chi connectivity index (χ2v) is 7.12. The normalized spacial score (nSPS) is 15.1. The highest BCUT2D eigenvalue weighted by atomic mass is 16.3.